The molecule has 0 radical (unpaired) electrons. The van der Waals surface area contributed by atoms with Crippen molar-refractivity contribution in [2.75, 3.05) is 38.3 Å². The molecule has 0 bridgehead atoms. The number of sulfonamides is 1. The summed E-state index contributed by atoms with van der Waals surface area (Å²) in [4.78, 5) is 15.2. The van der Waals surface area contributed by atoms with E-state index in [1.54, 1.807) is 28.6 Å². The number of thioether (sulfide) groups is 1. The maximum absolute atomic E-state index is 13.2. The van der Waals surface area contributed by atoms with E-state index < -0.39 is 10.0 Å². The van der Waals surface area contributed by atoms with Crippen LogP contribution in [0.4, 0.5) is 5.69 Å². The summed E-state index contributed by atoms with van der Waals surface area (Å²) in [6.45, 7) is 7.98. The molecule has 0 spiro atoms. The number of piperidine rings is 1. The predicted octanol–water partition coefficient (Wildman–Crippen LogP) is 4.74. The van der Waals surface area contributed by atoms with Crippen LogP contribution in [0.3, 0.4) is 0 Å². The van der Waals surface area contributed by atoms with Crippen LogP contribution in [0.1, 0.15) is 51.0 Å². The zero-order valence-electron chi connectivity index (χ0n) is 23.9. The molecule has 2 heterocycles. The molecule has 1 saturated heterocycles. The van der Waals surface area contributed by atoms with Crippen LogP contribution in [0.2, 0.25) is 0 Å². The SMILES string of the molecule is CC[C@@H](c1nnc(SCC(=O)Nc2ccc(S(=O)(=O)N3C[C@H](C)C[C@H](C)C3)cc2)n1Cc1ccccc1)N(C)C. The van der Waals surface area contributed by atoms with Gasteiger partial charge in [-0.3, -0.25) is 9.69 Å². The Bertz CT molecular complexity index is 1370. The molecule has 1 aromatic heterocycles. The van der Waals surface area contributed by atoms with Crippen LogP contribution in [0.15, 0.2) is 64.6 Å². The van der Waals surface area contributed by atoms with Gasteiger partial charge in [0.15, 0.2) is 11.0 Å². The molecule has 4 rings (SSSR count). The summed E-state index contributed by atoms with van der Waals surface area (Å²) in [5.41, 5.74) is 1.68. The van der Waals surface area contributed by atoms with Gasteiger partial charge >= 0.3 is 0 Å². The highest BCUT2D eigenvalue weighted by Crippen LogP contribution is 2.28. The van der Waals surface area contributed by atoms with Crippen molar-refractivity contribution in [2.45, 2.75) is 56.3 Å². The molecule has 216 valence electrons. The first-order valence-electron chi connectivity index (χ1n) is 13.7. The van der Waals surface area contributed by atoms with Gasteiger partial charge in [0.1, 0.15) is 0 Å². The van der Waals surface area contributed by atoms with E-state index in [2.05, 4.69) is 57.9 Å². The van der Waals surface area contributed by atoms with Crippen LogP contribution >= 0.6 is 11.8 Å². The van der Waals surface area contributed by atoms with Gasteiger partial charge in [-0.15, -0.1) is 10.2 Å². The van der Waals surface area contributed by atoms with E-state index in [1.807, 2.05) is 32.3 Å². The number of rotatable bonds is 11. The maximum atomic E-state index is 13.2. The van der Waals surface area contributed by atoms with E-state index in [-0.39, 0.29) is 22.6 Å². The monoisotopic (exact) mass is 584 g/mol. The molecule has 0 unspecified atom stereocenters. The Morgan fingerprint density at radius 1 is 1.05 bits per heavy atom. The normalized spacial score (nSPS) is 19.1. The molecule has 11 heteroatoms. The van der Waals surface area contributed by atoms with Crippen molar-refractivity contribution in [1.82, 2.24) is 24.0 Å². The lowest BCUT2D eigenvalue weighted by atomic mass is 9.94. The third kappa shape index (κ3) is 7.31. The van der Waals surface area contributed by atoms with Gasteiger partial charge in [0.2, 0.25) is 15.9 Å². The largest absolute Gasteiger partial charge is 0.325 e. The van der Waals surface area contributed by atoms with Crippen LogP contribution in [0, 0.1) is 11.8 Å². The molecule has 1 aliphatic rings. The Labute approximate surface area is 242 Å². The number of hydrogen-bond donors (Lipinski definition) is 1. The molecule has 40 heavy (non-hydrogen) atoms. The first-order chi connectivity index (χ1) is 19.1. The fourth-order valence-corrected chi connectivity index (χ4v) is 7.76. The molecule has 1 fully saturated rings. The van der Waals surface area contributed by atoms with Crippen LogP contribution in [-0.2, 0) is 21.4 Å². The Morgan fingerprint density at radius 2 is 1.70 bits per heavy atom. The molecule has 0 aliphatic carbocycles. The first-order valence-corrected chi connectivity index (χ1v) is 16.2. The van der Waals surface area contributed by atoms with Gasteiger partial charge in [-0.25, -0.2) is 8.42 Å². The molecule has 9 nitrogen and oxygen atoms in total. The van der Waals surface area contributed by atoms with Crippen molar-refractivity contribution in [3.05, 3.63) is 66.0 Å². The van der Waals surface area contributed by atoms with Gasteiger partial charge in [-0.2, -0.15) is 4.31 Å². The minimum Gasteiger partial charge on any atom is -0.325 e. The van der Waals surface area contributed by atoms with Crippen LogP contribution in [-0.4, -0.2) is 71.2 Å². The number of carbonyl (C=O) groups excluding carboxylic acids is 1. The summed E-state index contributed by atoms with van der Waals surface area (Å²) in [7, 11) is 0.488. The zero-order valence-corrected chi connectivity index (χ0v) is 25.6. The number of aromatic nitrogens is 3. The molecule has 1 aliphatic heterocycles. The summed E-state index contributed by atoms with van der Waals surface area (Å²) >= 11 is 1.34. The van der Waals surface area contributed by atoms with E-state index in [0.29, 0.717) is 42.3 Å². The lowest BCUT2D eigenvalue weighted by molar-refractivity contribution is -0.113. The number of hydrogen-bond acceptors (Lipinski definition) is 7. The summed E-state index contributed by atoms with van der Waals surface area (Å²) in [6, 6.07) is 16.7. The number of carbonyl (C=O) groups is 1. The average molecular weight is 585 g/mol. The topological polar surface area (TPSA) is 100 Å². The summed E-state index contributed by atoms with van der Waals surface area (Å²) in [6.07, 6.45) is 1.92. The van der Waals surface area contributed by atoms with Gasteiger partial charge in [-0.05, 0) is 68.6 Å². The highest BCUT2D eigenvalue weighted by molar-refractivity contribution is 7.99. The standard InChI is InChI=1S/C29H40N6O3S2/c1-6-26(33(4)5)28-31-32-29(35(28)19-23-10-8-7-9-11-23)39-20-27(36)30-24-12-14-25(15-13-24)40(37,38)34-17-21(2)16-22(3)18-34/h7-15,21-22,26H,6,16-20H2,1-5H3,(H,30,36)/t21-,22+,26-/m0/s1. The van der Waals surface area contributed by atoms with E-state index in [0.717, 1.165) is 24.2 Å². The molecule has 1 amide bonds. The Kier molecular flexibility index (Phi) is 10.0. The van der Waals surface area contributed by atoms with E-state index in [9.17, 15) is 13.2 Å². The van der Waals surface area contributed by atoms with Gasteiger partial charge in [-0.1, -0.05) is 62.9 Å². The van der Waals surface area contributed by atoms with Crippen molar-refractivity contribution in [3.63, 3.8) is 0 Å². The summed E-state index contributed by atoms with van der Waals surface area (Å²) in [5.74, 6) is 1.48. The highest BCUT2D eigenvalue weighted by Gasteiger charge is 2.31. The number of nitrogens with zero attached hydrogens (tertiary/aromatic N) is 5. The number of nitrogens with one attached hydrogen (secondary N) is 1. The maximum Gasteiger partial charge on any atom is 0.243 e. The predicted molar refractivity (Wildman–Crippen MR) is 160 cm³/mol. The summed E-state index contributed by atoms with van der Waals surface area (Å²) in [5, 5.41) is 12.5. The van der Waals surface area contributed by atoms with Gasteiger partial charge < -0.3 is 9.88 Å². The van der Waals surface area contributed by atoms with Gasteiger partial charge in [0, 0.05) is 18.8 Å². The molecular formula is C29H40N6O3S2. The van der Waals surface area contributed by atoms with Crippen LogP contribution in [0.25, 0.3) is 0 Å². The fraction of sp³-hybridized carbons (Fsp3) is 0.483. The lowest BCUT2D eigenvalue weighted by Crippen LogP contribution is -2.42. The molecule has 3 aromatic rings. The van der Waals surface area contributed by atoms with Crippen molar-refractivity contribution in [3.8, 4) is 0 Å². The van der Waals surface area contributed by atoms with Crippen LogP contribution in [0.5, 0.6) is 0 Å². The molecule has 3 atom stereocenters. The molecule has 1 N–H and O–H groups in total. The number of anilines is 1. The second kappa shape index (κ2) is 13.3. The quantitative estimate of drug-likeness (QED) is 0.325. The minimum absolute atomic E-state index is 0.102. The molecule has 0 saturated carbocycles. The fourth-order valence-electron chi connectivity index (χ4n) is 5.34. The van der Waals surface area contributed by atoms with Crippen LogP contribution < -0.4 is 5.32 Å². The second-order valence-corrected chi connectivity index (χ2v) is 13.8. The zero-order chi connectivity index (χ0) is 28.9. The van der Waals surface area contributed by atoms with Crippen molar-refractivity contribution in [2.24, 2.45) is 11.8 Å². The number of amides is 1. The summed E-state index contributed by atoms with van der Waals surface area (Å²) < 4.78 is 30.0. The molecular weight excluding hydrogens is 544 g/mol. The van der Waals surface area contributed by atoms with E-state index in [1.165, 1.54) is 11.8 Å². The average Bonchev–Trinajstić information content (AvgIpc) is 3.29. The van der Waals surface area contributed by atoms with Crippen molar-refractivity contribution >= 4 is 33.4 Å². The van der Waals surface area contributed by atoms with Crippen molar-refractivity contribution in [1.29, 1.82) is 0 Å². The number of benzene rings is 2. The third-order valence-electron chi connectivity index (χ3n) is 7.18. The Morgan fingerprint density at radius 3 is 2.30 bits per heavy atom. The first kappa shape index (κ1) is 30.2. The Hall–Kier alpha value is -2.73. The van der Waals surface area contributed by atoms with E-state index >= 15 is 0 Å². The lowest BCUT2D eigenvalue weighted by Gasteiger charge is -2.34. The molecule has 2 aromatic carbocycles. The Balaban J connectivity index is 1.42. The van der Waals surface area contributed by atoms with Gasteiger partial charge in [0.25, 0.3) is 0 Å². The third-order valence-corrected chi connectivity index (χ3v) is 9.99. The second-order valence-electron chi connectivity index (χ2n) is 10.9. The van der Waals surface area contributed by atoms with Gasteiger partial charge in [0.05, 0.1) is 23.2 Å². The highest BCUT2D eigenvalue weighted by atomic mass is 32.2. The van der Waals surface area contributed by atoms with E-state index in [4.69, 9.17) is 0 Å². The minimum atomic E-state index is -3.57. The smallest absolute Gasteiger partial charge is 0.243 e. The van der Waals surface area contributed by atoms with Crippen molar-refractivity contribution < 1.29 is 13.2 Å².